The monoisotopic (exact) mass is 291 g/mol. The highest BCUT2D eigenvalue weighted by Gasteiger charge is 2.16. The Balaban J connectivity index is 1.95. The molecule has 19 heavy (non-hydrogen) atoms. The molecule has 0 aliphatic carbocycles. The number of para-hydroxylation sites is 1. The first-order chi connectivity index (χ1) is 9.28. The van der Waals surface area contributed by atoms with Gasteiger partial charge in [0.25, 0.3) is 0 Å². The molecule has 4 heteroatoms. The molecule has 3 rings (SSSR count). The fourth-order valence-electron chi connectivity index (χ4n) is 2.21. The lowest BCUT2D eigenvalue weighted by Gasteiger charge is -2.12. The van der Waals surface area contributed by atoms with Crippen LogP contribution < -0.4 is 5.32 Å². The fourth-order valence-corrected chi connectivity index (χ4v) is 3.11. The lowest BCUT2D eigenvalue weighted by molar-refractivity contribution is 0.451. The predicted molar refractivity (Wildman–Crippen MR) is 81.0 cm³/mol. The van der Waals surface area contributed by atoms with E-state index in [1.807, 2.05) is 25.2 Å². The first-order valence-corrected chi connectivity index (χ1v) is 7.46. The molecule has 1 unspecified atom stereocenters. The van der Waals surface area contributed by atoms with Crippen LogP contribution in [0.25, 0.3) is 11.0 Å². The molecule has 2 aromatic heterocycles. The highest BCUT2D eigenvalue weighted by Crippen LogP contribution is 2.30. The van der Waals surface area contributed by atoms with Crippen molar-refractivity contribution in [2.45, 2.75) is 12.5 Å². The Morgan fingerprint density at radius 1 is 1.37 bits per heavy atom. The van der Waals surface area contributed by atoms with Gasteiger partial charge in [0.05, 0.1) is 11.1 Å². The summed E-state index contributed by atoms with van der Waals surface area (Å²) in [6.07, 6.45) is 0.914. The molecule has 0 bridgehead atoms. The molecule has 0 aliphatic rings. The number of fused-ring (bicyclic) bond motifs is 1. The minimum absolute atomic E-state index is 0.165. The van der Waals surface area contributed by atoms with Crippen molar-refractivity contribution >= 4 is 33.9 Å². The van der Waals surface area contributed by atoms with Crippen LogP contribution in [0.15, 0.2) is 45.5 Å². The molecule has 0 spiro atoms. The van der Waals surface area contributed by atoms with Gasteiger partial charge in [-0.2, -0.15) is 11.3 Å². The first-order valence-electron chi connectivity index (χ1n) is 6.14. The van der Waals surface area contributed by atoms with Crippen molar-refractivity contribution in [3.63, 3.8) is 0 Å². The Hall–Kier alpha value is -1.29. The van der Waals surface area contributed by atoms with Crippen molar-refractivity contribution in [3.8, 4) is 0 Å². The number of hydrogen-bond acceptors (Lipinski definition) is 3. The van der Waals surface area contributed by atoms with E-state index in [0.29, 0.717) is 5.02 Å². The van der Waals surface area contributed by atoms with Gasteiger partial charge in [-0.3, -0.25) is 0 Å². The zero-order valence-corrected chi connectivity index (χ0v) is 12.1. The van der Waals surface area contributed by atoms with E-state index in [2.05, 4.69) is 28.2 Å². The Morgan fingerprint density at radius 3 is 2.95 bits per heavy atom. The molecular formula is C15H14ClNOS. The summed E-state index contributed by atoms with van der Waals surface area (Å²) in [6, 6.07) is 10.2. The van der Waals surface area contributed by atoms with E-state index in [0.717, 1.165) is 23.2 Å². The number of nitrogens with one attached hydrogen (secondary N) is 1. The van der Waals surface area contributed by atoms with E-state index in [1.165, 1.54) is 5.56 Å². The Labute approximate surface area is 121 Å². The number of furan rings is 1. The number of rotatable bonds is 4. The molecule has 1 aromatic carbocycles. The maximum absolute atomic E-state index is 6.15. The van der Waals surface area contributed by atoms with Gasteiger partial charge in [0.2, 0.25) is 0 Å². The fraction of sp³-hybridized carbons (Fsp3) is 0.200. The maximum atomic E-state index is 6.15. The van der Waals surface area contributed by atoms with Gasteiger partial charge in [-0.15, -0.1) is 0 Å². The third kappa shape index (κ3) is 2.54. The van der Waals surface area contributed by atoms with Gasteiger partial charge in [-0.25, -0.2) is 0 Å². The van der Waals surface area contributed by atoms with Crippen LogP contribution in [-0.4, -0.2) is 7.05 Å². The van der Waals surface area contributed by atoms with Gasteiger partial charge in [0, 0.05) is 5.39 Å². The highest BCUT2D eigenvalue weighted by molar-refractivity contribution is 7.07. The molecule has 1 atom stereocenters. The topological polar surface area (TPSA) is 25.2 Å². The third-order valence-corrected chi connectivity index (χ3v) is 4.26. The van der Waals surface area contributed by atoms with Gasteiger partial charge in [-0.1, -0.05) is 23.7 Å². The summed E-state index contributed by atoms with van der Waals surface area (Å²) in [5, 5.41) is 9.28. The number of benzene rings is 1. The number of hydrogen-bond donors (Lipinski definition) is 1. The van der Waals surface area contributed by atoms with Crippen LogP contribution in [0.1, 0.15) is 17.4 Å². The SMILES string of the molecule is CNC(Cc1ccsc1)c1cc2cccc(Cl)c2o1. The molecule has 0 aliphatic heterocycles. The summed E-state index contributed by atoms with van der Waals surface area (Å²) >= 11 is 7.86. The molecule has 2 heterocycles. The predicted octanol–water partition coefficient (Wildman–Crippen LogP) is 4.65. The average molecular weight is 292 g/mol. The number of likely N-dealkylation sites (N-methyl/N-ethyl adjacent to an activating group) is 1. The van der Waals surface area contributed by atoms with Gasteiger partial charge in [0.15, 0.2) is 5.58 Å². The Bertz CT molecular complexity index is 675. The van der Waals surface area contributed by atoms with Crippen LogP contribution in [0.5, 0.6) is 0 Å². The maximum Gasteiger partial charge on any atom is 0.152 e. The summed E-state index contributed by atoms with van der Waals surface area (Å²) in [4.78, 5) is 0. The average Bonchev–Trinajstić information content (AvgIpc) is 3.05. The van der Waals surface area contributed by atoms with Crippen molar-refractivity contribution in [3.05, 3.63) is 57.4 Å². The first kappa shape index (κ1) is 12.7. The number of halogens is 1. The van der Waals surface area contributed by atoms with E-state index in [4.69, 9.17) is 16.0 Å². The van der Waals surface area contributed by atoms with Crippen molar-refractivity contribution in [1.29, 1.82) is 0 Å². The van der Waals surface area contributed by atoms with E-state index >= 15 is 0 Å². The van der Waals surface area contributed by atoms with Crippen LogP contribution in [0, 0.1) is 0 Å². The van der Waals surface area contributed by atoms with Crippen LogP contribution in [-0.2, 0) is 6.42 Å². The zero-order chi connectivity index (χ0) is 13.2. The molecule has 0 amide bonds. The third-order valence-electron chi connectivity index (χ3n) is 3.23. The van der Waals surface area contributed by atoms with Crippen LogP contribution in [0.4, 0.5) is 0 Å². The van der Waals surface area contributed by atoms with Crippen molar-refractivity contribution in [2.24, 2.45) is 0 Å². The molecule has 1 N–H and O–H groups in total. The van der Waals surface area contributed by atoms with Crippen LogP contribution in [0.3, 0.4) is 0 Å². The molecule has 0 radical (unpaired) electrons. The quantitative estimate of drug-likeness (QED) is 0.757. The molecular weight excluding hydrogens is 278 g/mol. The molecule has 2 nitrogen and oxygen atoms in total. The van der Waals surface area contributed by atoms with E-state index < -0.39 is 0 Å². The lowest BCUT2D eigenvalue weighted by atomic mass is 10.1. The van der Waals surface area contributed by atoms with E-state index in [-0.39, 0.29) is 6.04 Å². The Morgan fingerprint density at radius 2 is 2.26 bits per heavy atom. The molecule has 0 fully saturated rings. The zero-order valence-electron chi connectivity index (χ0n) is 10.5. The highest BCUT2D eigenvalue weighted by atomic mass is 35.5. The van der Waals surface area contributed by atoms with E-state index in [1.54, 1.807) is 11.3 Å². The molecule has 3 aromatic rings. The van der Waals surface area contributed by atoms with Crippen molar-refractivity contribution < 1.29 is 4.42 Å². The van der Waals surface area contributed by atoms with Gasteiger partial charge < -0.3 is 9.73 Å². The molecule has 0 saturated heterocycles. The second-order valence-electron chi connectivity index (χ2n) is 4.48. The Kier molecular flexibility index (Phi) is 3.60. The summed E-state index contributed by atoms with van der Waals surface area (Å²) in [7, 11) is 1.95. The summed E-state index contributed by atoms with van der Waals surface area (Å²) in [5.74, 6) is 0.928. The number of thiophene rings is 1. The minimum Gasteiger partial charge on any atom is -0.458 e. The minimum atomic E-state index is 0.165. The summed E-state index contributed by atoms with van der Waals surface area (Å²) in [6.45, 7) is 0. The normalized spacial score (nSPS) is 12.9. The van der Waals surface area contributed by atoms with Gasteiger partial charge in [0.1, 0.15) is 5.76 Å². The molecule has 98 valence electrons. The van der Waals surface area contributed by atoms with Gasteiger partial charge in [-0.05, 0) is 48.0 Å². The standard InChI is InChI=1S/C15H14ClNOS/c1-17-13(7-10-5-6-19-9-10)14-8-11-3-2-4-12(16)15(11)18-14/h2-6,8-9,13,17H,7H2,1H3. The van der Waals surface area contributed by atoms with Crippen LogP contribution >= 0.6 is 22.9 Å². The van der Waals surface area contributed by atoms with Crippen LogP contribution in [0.2, 0.25) is 5.02 Å². The van der Waals surface area contributed by atoms with Crippen molar-refractivity contribution in [1.82, 2.24) is 5.32 Å². The second kappa shape index (κ2) is 5.37. The van der Waals surface area contributed by atoms with Crippen molar-refractivity contribution in [2.75, 3.05) is 7.05 Å². The molecule has 0 saturated carbocycles. The summed E-state index contributed by atoms with van der Waals surface area (Å²) < 4.78 is 5.91. The smallest absolute Gasteiger partial charge is 0.152 e. The lowest BCUT2D eigenvalue weighted by Crippen LogP contribution is -2.17. The second-order valence-corrected chi connectivity index (χ2v) is 5.67. The largest absolute Gasteiger partial charge is 0.458 e. The summed E-state index contributed by atoms with van der Waals surface area (Å²) in [5.41, 5.74) is 2.08. The van der Waals surface area contributed by atoms with Gasteiger partial charge >= 0.3 is 0 Å². The van der Waals surface area contributed by atoms with E-state index in [9.17, 15) is 0 Å².